The van der Waals surface area contributed by atoms with E-state index in [0.29, 0.717) is 0 Å². The number of carbonyl (C=O) groups is 2. The highest BCUT2D eigenvalue weighted by atomic mass is 35.5. The molecule has 0 bridgehead atoms. The Bertz CT molecular complexity index is 919. The molecule has 6 nitrogen and oxygen atoms in total. The van der Waals surface area contributed by atoms with E-state index in [1.165, 1.54) is 18.2 Å². The van der Waals surface area contributed by atoms with Gasteiger partial charge in [0, 0.05) is 5.56 Å². The van der Waals surface area contributed by atoms with Crippen LogP contribution >= 0.6 is 11.6 Å². The van der Waals surface area contributed by atoms with Crippen LogP contribution in [0.25, 0.3) is 0 Å². The summed E-state index contributed by atoms with van der Waals surface area (Å²) in [6.45, 7) is 3.98. The molecule has 0 aromatic heterocycles. The minimum Gasteiger partial charge on any atom is -0.507 e. The van der Waals surface area contributed by atoms with Crippen molar-refractivity contribution in [3.05, 3.63) is 46.0 Å². The first-order valence-electron chi connectivity index (χ1n) is 8.11. The quantitative estimate of drug-likeness (QED) is 0.663. The average Bonchev–Trinajstić information content (AvgIpc) is 2.62. The molecule has 7 heteroatoms. The molecular formula is C19H17ClO6. The number of hydrogen-bond acceptors (Lipinski definition) is 6. The number of carbonyl (C=O) groups excluding carboxylic acids is 2. The number of phenolic OH excluding ortho intramolecular Hbond substituents is 2. The molecule has 0 atom stereocenters. The van der Waals surface area contributed by atoms with E-state index in [2.05, 4.69) is 0 Å². The Labute approximate surface area is 154 Å². The number of rotatable bonds is 5. The third-order valence-corrected chi connectivity index (χ3v) is 4.43. The molecule has 0 amide bonds. The number of halogens is 1. The van der Waals surface area contributed by atoms with Gasteiger partial charge in [0.25, 0.3) is 0 Å². The molecule has 0 unspecified atom stereocenters. The summed E-state index contributed by atoms with van der Waals surface area (Å²) in [6, 6.07) is 4.15. The van der Waals surface area contributed by atoms with Gasteiger partial charge in [-0.25, -0.2) is 0 Å². The summed E-state index contributed by atoms with van der Waals surface area (Å²) < 4.78 is 10.9. The maximum absolute atomic E-state index is 13.1. The zero-order valence-electron chi connectivity index (χ0n) is 14.3. The summed E-state index contributed by atoms with van der Waals surface area (Å²) in [6.07, 6.45) is 0. The lowest BCUT2D eigenvalue weighted by Gasteiger charge is -2.24. The van der Waals surface area contributed by atoms with Crippen molar-refractivity contribution in [3.63, 3.8) is 0 Å². The van der Waals surface area contributed by atoms with Gasteiger partial charge in [-0.2, -0.15) is 0 Å². The Kier molecular flexibility index (Phi) is 4.78. The zero-order chi connectivity index (χ0) is 19.0. The van der Waals surface area contributed by atoms with Crippen molar-refractivity contribution in [1.82, 2.24) is 0 Å². The summed E-state index contributed by atoms with van der Waals surface area (Å²) in [5, 5.41) is 20.7. The molecule has 0 saturated carbocycles. The molecule has 2 aromatic carbocycles. The van der Waals surface area contributed by atoms with E-state index < -0.39 is 11.6 Å². The number of benzene rings is 2. The van der Waals surface area contributed by atoms with Crippen LogP contribution in [-0.2, 0) is 5.88 Å². The van der Waals surface area contributed by atoms with Crippen LogP contribution in [0.5, 0.6) is 23.0 Å². The van der Waals surface area contributed by atoms with Gasteiger partial charge in [0.05, 0.1) is 41.3 Å². The third kappa shape index (κ3) is 2.57. The average molecular weight is 377 g/mol. The van der Waals surface area contributed by atoms with Crippen molar-refractivity contribution < 1.29 is 29.3 Å². The van der Waals surface area contributed by atoms with Crippen LogP contribution in [0.1, 0.15) is 51.3 Å². The highest BCUT2D eigenvalue weighted by Crippen LogP contribution is 2.45. The van der Waals surface area contributed by atoms with Crippen LogP contribution in [0.4, 0.5) is 0 Å². The number of hydrogen-bond donors (Lipinski definition) is 2. The molecule has 0 aliphatic heterocycles. The highest BCUT2D eigenvalue weighted by Gasteiger charge is 2.39. The lowest BCUT2D eigenvalue weighted by Crippen LogP contribution is -2.24. The van der Waals surface area contributed by atoms with E-state index in [0.717, 1.165) is 0 Å². The largest absolute Gasteiger partial charge is 0.507 e. The molecule has 0 spiro atoms. The smallest absolute Gasteiger partial charge is 0.202 e. The Morgan fingerprint density at radius 2 is 1.46 bits per heavy atom. The van der Waals surface area contributed by atoms with Gasteiger partial charge >= 0.3 is 0 Å². The lowest BCUT2D eigenvalue weighted by atomic mass is 9.81. The molecular weight excluding hydrogens is 360 g/mol. The summed E-state index contributed by atoms with van der Waals surface area (Å²) in [5.74, 6) is -1.71. The van der Waals surface area contributed by atoms with Gasteiger partial charge in [-0.3, -0.25) is 9.59 Å². The number of aromatic hydroxyl groups is 2. The van der Waals surface area contributed by atoms with Crippen molar-refractivity contribution in [1.29, 1.82) is 0 Å². The summed E-state index contributed by atoms with van der Waals surface area (Å²) in [4.78, 5) is 26.2. The minimum atomic E-state index is -0.626. The second-order valence-corrected chi connectivity index (χ2v) is 5.89. The first-order chi connectivity index (χ1) is 12.5. The maximum Gasteiger partial charge on any atom is 0.202 e. The number of ketones is 2. The van der Waals surface area contributed by atoms with Crippen LogP contribution in [0, 0.1) is 0 Å². The Morgan fingerprint density at radius 1 is 0.885 bits per heavy atom. The van der Waals surface area contributed by atoms with Crippen LogP contribution in [0.15, 0.2) is 18.2 Å². The van der Waals surface area contributed by atoms with Crippen LogP contribution in [-0.4, -0.2) is 35.0 Å². The van der Waals surface area contributed by atoms with Crippen molar-refractivity contribution >= 4 is 23.2 Å². The van der Waals surface area contributed by atoms with E-state index in [9.17, 15) is 19.8 Å². The molecule has 3 rings (SSSR count). The fourth-order valence-corrected chi connectivity index (χ4v) is 3.28. The maximum atomic E-state index is 13.1. The molecule has 0 saturated heterocycles. The first-order valence-corrected chi connectivity index (χ1v) is 8.65. The number of alkyl halides is 1. The van der Waals surface area contributed by atoms with Gasteiger partial charge < -0.3 is 19.7 Å². The van der Waals surface area contributed by atoms with E-state index in [-0.39, 0.29) is 69.9 Å². The molecule has 1 aliphatic rings. The van der Waals surface area contributed by atoms with Gasteiger partial charge in [-0.1, -0.05) is 0 Å². The van der Waals surface area contributed by atoms with E-state index in [1.807, 2.05) is 0 Å². The molecule has 2 aromatic rings. The van der Waals surface area contributed by atoms with Gasteiger partial charge in [0.15, 0.2) is 0 Å². The molecule has 0 radical (unpaired) electrons. The third-order valence-electron chi connectivity index (χ3n) is 4.14. The monoisotopic (exact) mass is 376 g/mol. The minimum absolute atomic E-state index is 0.0636. The van der Waals surface area contributed by atoms with Crippen molar-refractivity contribution in [2.24, 2.45) is 0 Å². The van der Waals surface area contributed by atoms with Gasteiger partial charge in [-0.05, 0) is 32.0 Å². The van der Waals surface area contributed by atoms with E-state index in [1.54, 1.807) is 13.8 Å². The van der Waals surface area contributed by atoms with Gasteiger partial charge in [-0.15, -0.1) is 11.6 Å². The fraction of sp³-hybridized carbons (Fsp3) is 0.263. The first kappa shape index (κ1) is 18.1. The van der Waals surface area contributed by atoms with Crippen LogP contribution in [0.2, 0.25) is 0 Å². The summed E-state index contributed by atoms with van der Waals surface area (Å²) in [5.41, 5.74) is -0.229. The van der Waals surface area contributed by atoms with Crippen LogP contribution < -0.4 is 9.47 Å². The van der Waals surface area contributed by atoms with Gasteiger partial charge in [0.2, 0.25) is 11.6 Å². The summed E-state index contributed by atoms with van der Waals surface area (Å²) >= 11 is 5.86. The fourth-order valence-electron chi connectivity index (χ4n) is 3.07. The normalized spacial score (nSPS) is 12.6. The number of fused-ring (bicyclic) bond motifs is 2. The standard InChI is InChI=1S/C19H17ClO6/c1-3-25-11-6-5-10(21)13-14(11)19(24)16-15(18(13)23)12(26-4-2)7-9(8-20)17(16)22/h5-7,21-22H,3-4,8H2,1-2H3. The lowest BCUT2D eigenvalue weighted by molar-refractivity contribution is 0.0967. The Hall–Kier alpha value is -2.73. The molecule has 136 valence electrons. The topological polar surface area (TPSA) is 93.1 Å². The SMILES string of the molecule is CCOc1ccc(O)c2c1C(=O)c1c(O)c(CCl)cc(OCC)c1C2=O. The summed E-state index contributed by atoms with van der Waals surface area (Å²) in [7, 11) is 0. The number of phenols is 2. The second-order valence-electron chi connectivity index (χ2n) is 5.62. The Morgan fingerprint density at radius 3 is 2.08 bits per heavy atom. The van der Waals surface area contributed by atoms with Crippen molar-refractivity contribution in [3.8, 4) is 23.0 Å². The molecule has 1 aliphatic carbocycles. The van der Waals surface area contributed by atoms with Crippen LogP contribution in [0.3, 0.4) is 0 Å². The van der Waals surface area contributed by atoms with E-state index >= 15 is 0 Å². The predicted octanol–water partition coefficient (Wildman–Crippen LogP) is 3.41. The highest BCUT2D eigenvalue weighted by molar-refractivity contribution is 6.32. The Balaban J connectivity index is 2.38. The number of ether oxygens (including phenoxy) is 2. The second kappa shape index (κ2) is 6.88. The molecule has 26 heavy (non-hydrogen) atoms. The van der Waals surface area contributed by atoms with Crippen molar-refractivity contribution in [2.45, 2.75) is 19.7 Å². The molecule has 0 heterocycles. The van der Waals surface area contributed by atoms with Crippen molar-refractivity contribution in [2.75, 3.05) is 13.2 Å². The predicted molar refractivity (Wildman–Crippen MR) is 95.0 cm³/mol. The molecule has 0 fully saturated rings. The molecule has 2 N–H and O–H groups in total. The van der Waals surface area contributed by atoms with E-state index in [4.69, 9.17) is 21.1 Å². The van der Waals surface area contributed by atoms with Gasteiger partial charge in [0.1, 0.15) is 23.0 Å². The zero-order valence-corrected chi connectivity index (χ0v) is 15.0.